The van der Waals surface area contributed by atoms with Gasteiger partial charge in [0.15, 0.2) is 0 Å². The Kier molecular flexibility index (Phi) is 6.91. The van der Waals surface area contributed by atoms with E-state index in [4.69, 9.17) is 14.5 Å². The summed E-state index contributed by atoms with van der Waals surface area (Å²) in [6.07, 6.45) is 7.97. The number of hydrogen-bond donors (Lipinski definition) is 0. The molecule has 1 aromatic heterocycles. The molecule has 2 aliphatic heterocycles. The van der Waals surface area contributed by atoms with Gasteiger partial charge in [0.25, 0.3) is 0 Å². The van der Waals surface area contributed by atoms with Crippen molar-refractivity contribution < 1.29 is 14.3 Å². The SMILES string of the molecule is COc1ccc(-c2nc(C3CCCCC3)sc2CN2CCC3(CC2)CN(c2ccccc2)C(=O)O3)cc1. The number of likely N-dealkylation sites (tertiary alicyclic amines) is 1. The lowest BCUT2D eigenvalue weighted by molar-refractivity contribution is -0.000724. The van der Waals surface area contributed by atoms with Crippen molar-refractivity contribution in [3.05, 3.63) is 64.5 Å². The summed E-state index contributed by atoms with van der Waals surface area (Å²) in [5.41, 5.74) is 2.81. The van der Waals surface area contributed by atoms with Gasteiger partial charge >= 0.3 is 6.09 Å². The molecule has 6 rings (SSSR count). The predicted octanol–water partition coefficient (Wildman–Crippen LogP) is 6.86. The van der Waals surface area contributed by atoms with Crippen molar-refractivity contribution in [1.82, 2.24) is 9.88 Å². The summed E-state index contributed by atoms with van der Waals surface area (Å²) in [7, 11) is 1.70. The summed E-state index contributed by atoms with van der Waals surface area (Å²) in [6.45, 7) is 3.34. The van der Waals surface area contributed by atoms with E-state index < -0.39 is 0 Å². The predicted molar refractivity (Wildman–Crippen MR) is 147 cm³/mol. The van der Waals surface area contributed by atoms with Crippen LogP contribution >= 0.6 is 11.3 Å². The van der Waals surface area contributed by atoms with Crippen molar-refractivity contribution in [1.29, 1.82) is 0 Å². The molecule has 0 atom stereocenters. The molecule has 37 heavy (non-hydrogen) atoms. The normalized spacial score (nSPS) is 20.4. The van der Waals surface area contributed by atoms with Crippen molar-refractivity contribution >= 4 is 23.1 Å². The summed E-state index contributed by atoms with van der Waals surface area (Å²) in [5, 5.41) is 1.30. The van der Waals surface area contributed by atoms with E-state index in [0.29, 0.717) is 12.5 Å². The molecule has 3 aliphatic rings. The van der Waals surface area contributed by atoms with E-state index in [-0.39, 0.29) is 11.7 Å². The minimum atomic E-state index is -0.386. The van der Waals surface area contributed by atoms with Crippen molar-refractivity contribution in [3.8, 4) is 17.0 Å². The number of amides is 1. The van der Waals surface area contributed by atoms with E-state index >= 15 is 0 Å². The van der Waals surface area contributed by atoms with Gasteiger partial charge in [0.05, 0.1) is 24.4 Å². The minimum Gasteiger partial charge on any atom is -0.497 e. The van der Waals surface area contributed by atoms with Crippen LogP contribution in [0.3, 0.4) is 0 Å². The summed E-state index contributed by atoms with van der Waals surface area (Å²) >= 11 is 1.91. The van der Waals surface area contributed by atoms with Crippen LogP contribution in [0.1, 0.15) is 60.7 Å². The molecule has 2 aromatic carbocycles. The van der Waals surface area contributed by atoms with Gasteiger partial charge in [-0.1, -0.05) is 37.5 Å². The van der Waals surface area contributed by atoms with Gasteiger partial charge in [-0.15, -0.1) is 11.3 Å². The van der Waals surface area contributed by atoms with Crippen LogP contribution in [0.15, 0.2) is 54.6 Å². The van der Waals surface area contributed by atoms with Crippen LogP contribution in [-0.2, 0) is 11.3 Å². The van der Waals surface area contributed by atoms with Crippen LogP contribution in [0.2, 0.25) is 0 Å². The third kappa shape index (κ3) is 5.12. The number of carbonyl (C=O) groups excluding carboxylic acids is 1. The van der Waals surface area contributed by atoms with Crippen LogP contribution in [0, 0.1) is 0 Å². The maximum atomic E-state index is 12.7. The maximum Gasteiger partial charge on any atom is 0.415 e. The highest BCUT2D eigenvalue weighted by molar-refractivity contribution is 7.12. The first-order valence-corrected chi connectivity index (χ1v) is 14.4. The number of ether oxygens (including phenoxy) is 2. The number of aromatic nitrogens is 1. The zero-order valence-electron chi connectivity index (χ0n) is 21.5. The fraction of sp³-hybridized carbons (Fsp3) is 0.467. The van der Waals surface area contributed by atoms with E-state index in [1.807, 2.05) is 53.8 Å². The Labute approximate surface area is 223 Å². The van der Waals surface area contributed by atoms with Gasteiger partial charge in [-0.3, -0.25) is 9.80 Å². The average Bonchev–Trinajstić information content (AvgIpc) is 3.52. The van der Waals surface area contributed by atoms with Gasteiger partial charge < -0.3 is 9.47 Å². The Morgan fingerprint density at radius 1 is 1.03 bits per heavy atom. The molecule has 0 N–H and O–H groups in total. The standard InChI is InChI=1S/C30H35N3O3S/c1-35-25-14-12-22(13-15-25)27-26(37-28(31-27)23-8-4-2-5-9-23)20-32-18-16-30(17-19-32)21-33(29(34)36-30)24-10-6-3-7-11-24/h3,6-7,10-15,23H,2,4-5,8-9,16-21H2,1H3. The van der Waals surface area contributed by atoms with Crippen LogP contribution in [-0.4, -0.2) is 48.3 Å². The number of hydrogen-bond acceptors (Lipinski definition) is 6. The molecule has 2 saturated heterocycles. The third-order valence-electron chi connectivity index (χ3n) is 8.20. The summed E-state index contributed by atoms with van der Waals surface area (Å²) < 4.78 is 11.4. The zero-order chi connectivity index (χ0) is 25.2. The minimum absolute atomic E-state index is 0.221. The van der Waals surface area contributed by atoms with E-state index in [2.05, 4.69) is 17.0 Å². The Hall–Kier alpha value is -2.90. The molecule has 3 aromatic rings. The fourth-order valence-electron chi connectivity index (χ4n) is 5.99. The molecule has 1 saturated carbocycles. The van der Waals surface area contributed by atoms with E-state index in [9.17, 15) is 4.79 Å². The maximum absolute atomic E-state index is 12.7. The number of rotatable bonds is 6. The molecule has 194 valence electrons. The Morgan fingerprint density at radius 3 is 2.46 bits per heavy atom. The number of benzene rings is 2. The number of carbonyl (C=O) groups is 1. The highest BCUT2D eigenvalue weighted by Gasteiger charge is 2.47. The van der Waals surface area contributed by atoms with Gasteiger partial charge in [0.2, 0.25) is 0 Å². The van der Waals surface area contributed by atoms with Crippen LogP contribution < -0.4 is 9.64 Å². The largest absolute Gasteiger partial charge is 0.497 e. The van der Waals surface area contributed by atoms with Crippen LogP contribution in [0.25, 0.3) is 11.3 Å². The molecule has 0 unspecified atom stereocenters. The van der Waals surface area contributed by atoms with Crippen molar-refractivity contribution in [2.45, 2.75) is 63.0 Å². The number of methoxy groups -OCH3 is 1. The van der Waals surface area contributed by atoms with Gasteiger partial charge in [0.1, 0.15) is 11.4 Å². The van der Waals surface area contributed by atoms with Gasteiger partial charge in [0, 0.05) is 54.5 Å². The molecule has 3 fully saturated rings. The molecule has 0 bridgehead atoms. The monoisotopic (exact) mass is 517 g/mol. The lowest BCUT2D eigenvalue weighted by atomic mass is 9.90. The van der Waals surface area contributed by atoms with Crippen molar-refractivity contribution in [2.24, 2.45) is 0 Å². The topological polar surface area (TPSA) is 54.9 Å². The molecule has 1 aliphatic carbocycles. The molecular weight excluding hydrogens is 482 g/mol. The van der Waals surface area contributed by atoms with Gasteiger partial charge in [-0.2, -0.15) is 0 Å². The van der Waals surface area contributed by atoms with Crippen molar-refractivity contribution in [2.75, 3.05) is 31.6 Å². The number of nitrogens with zero attached hydrogens (tertiary/aromatic N) is 3. The lowest BCUT2D eigenvalue weighted by Crippen LogP contribution is -2.46. The summed E-state index contributed by atoms with van der Waals surface area (Å²) in [4.78, 5) is 23.6. The lowest BCUT2D eigenvalue weighted by Gasteiger charge is -2.37. The first-order chi connectivity index (χ1) is 18.1. The number of piperidine rings is 1. The quantitative estimate of drug-likeness (QED) is 0.358. The summed E-state index contributed by atoms with van der Waals surface area (Å²) in [5.74, 6) is 1.46. The highest BCUT2D eigenvalue weighted by Crippen LogP contribution is 2.41. The summed E-state index contributed by atoms with van der Waals surface area (Å²) in [6, 6.07) is 18.2. The third-order valence-corrected chi connectivity index (χ3v) is 9.41. The van der Waals surface area contributed by atoms with E-state index in [1.165, 1.54) is 42.0 Å². The van der Waals surface area contributed by atoms with Gasteiger partial charge in [-0.05, 0) is 49.2 Å². The average molecular weight is 518 g/mol. The zero-order valence-corrected chi connectivity index (χ0v) is 22.3. The number of anilines is 1. The van der Waals surface area contributed by atoms with Crippen LogP contribution in [0.4, 0.5) is 10.5 Å². The number of thiazole rings is 1. The molecule has 3 heterocycles. The molecule has 6 nitrogen and oxygen atoms in total. The first kappa shape index (κ1) is 24.4. The second kappa shape index (κ2) is 10.5. The second-order valence-corrected chi connectivity index (χ2v) is 11.8. The van der Waals surface area contributed by atoms with Crippen LogP contribution in [0.5, 0.6) is 5.75 Å². The Balaban J connectivity index is 1.17. The highest BCUT2D eigenvalue weighted by atomic mass is 32.1. The molecule has 7 heteroatoms. The van der Waals surface area contributed by atoms with Crippen molar-refractivity contribution in [3.63, 3.8) is 0 Å². The fourth-order valence-corrected chi connectivity index (χ4v) is 7.29. The van der Waals surface area contributed by atoms with Gasteiger partial charge in [-0.25, -0.2) is 9.78 Å². The smallest absolute Gasteiger partial charge is 0.415 e. The second-order valence-electron chi connectivity index (χ2n) is 10.6. The molecular formula is C30H35N3O3S. The molecule has 1 amide bonds. The first-order valence-electron chi connectivity index (χ1n) is 13.5. The molecule has 1 spiro atoms. The Bertz CT molecular complexity index is 1210. The van der Waals surface area contributed by atoms with E-state index in [1.54, 1.807) is 12.0 Å². The number of para-hydroxylation sites is 1. The van der Waals surface area contributed by atoms with E-state index in [0.717, 1.165) is 55.2 Å². The molecule has 0 radical (unpaired) electrons. The Morgan fingerprint density at radius 2 is 1.76 bits per heavy atom.